The smallest absolute Gasteiger partial charge is 0.338 e. The van der Waals surface area contributed by atoms with Gasteiger partial charge in [-0.3, -0.25) is 0 Å². The Morgan fingerprint density at radius 3 is 1.23 bits per heavy atom. The van der Waals surface area contributed by atoms with Crippen molar-refractivity contribution in [2.45, 2.75) is 67.1 Å². The second-order valence-electron chi connectivity index (χ2n) is 10.6. The Bertz CT molecular complexity index is 807. The Labute approximate surface area is 210 Å². The van der Waals surface area contributed by atoms with Crippen molar-refractivity contribution in [3.63, 3.8) is 0 Å². The Kier molecular flexibility index (Phi) is 12.1. The van der Waals surface area contributed by atoms with Crippen molar-refractivity contribution in [3.8, 4) is 0 Å². The van der Waals surface area contributed by atoms with Gasteiger partial charge in [0.15, 0.2) is 0 Å². The van der Waals surface area contributed by atoms with Crippen LogP contribution in [0.4, 0.5) is 0 Å². The first kappa shape index (κ1) is 30.3. The summed E-state index contributed by atoms with van der Waals surface area (Å²) < 4.78 is 12.2. The van der Waals surface area contributed by atoms with Crippen LogP contribution in [0.15, 0.2) is 60.7 Å². The largest absolute Gasteiger partial charge is 0.458 e. The van der Waals surface area contributed by atoms with Crippen LogP contribution in [0.25, 0.3) is 0 Å². The quantitative estimate of drug-likeness (QED) is 0.477. The molecule has 35 heavy (non-hydrogen) atoms. The summed E-state index contributed by atoms with van der Waals surface area (Å²) in [5, 5.41) is 15.2. The second kappa shape index (κ2) is 14.0. The first-order valence-electron chi connectivity index (χ1n) is 12.1. The number of rotatable bonds is 8. The minimum absolute atomic E-state index is 0.125. The average Bonchev–Trinajstić information content (AvgIpc) is 2.82. The zero-order valence-corrected chi connectivity index (χ0v) is 22.2. The van der Waals surface area contributed by atoms with Gasteiger partial charge in [0.2, 0.25) is 0 Å². The van der Waals surface area contributed by atoms with E-state index in [1.165, 1.54) is 0 Å². The molecule has 0 aliphatic rings. The molecular formula is C29H42O6. The van der Waals surface area contributed by atoms with E-state index in [9.17, 15) is 9.59 Å². The minimum atomic E-state index is -0.432. The highest BCUT2D eigenvalue weighted by Crippen LogP contribution is 2.40. The van der Waals surface area contributed by atoms with E-state index in [1.54, 1.807) is 24.3 Å². The van der Waals surface area contributed by atoms with E-state index in [0.29, 0.717) is 17.5 Å². The van der Waals surface area contributed by atoms with Gasteiger partial charge in [-0.1, -0.05) is 84.9 Å². The molecule has 0 spiro atoms. The van der Waals surface area contributed by atoms with E-state index < -0.39 is 12.2 Å². The Morgan fingerprint density at radius 1 is 0.686 bits per heavy atom. The van der Waals surface area contributed by atoms with Gasteiger partial charge >= 0.3 is 11.9 Å². The van der Waals surface area contributed by atoms with Gasteiger partial charge in [0, 0.05) is 5.92 Å². The van der Waals surface area contributed by atoms with Crippen LogP contribution < -0.4 is 0 Å². The molecule has 2 atom stereocenters. The molecule has 0 aromatic heterocycles. The SMILES string of the molecule is CCC(C(OC(=O)c1ccccc1)C(C)(C)C)C(OC(=O)c1ccccc1)C(C)(C)C.OCCO. The molecule has 6 nitrogen and oxygen atoms in total. The normalized spacial score (nSPS) is 14.1. The zero-order valence-electron chi connectivity index (χ0n) is 22.2. The van der Waals surface area contributed by atoms with E-state index in [4.69, 9.17) is 19.7 Å². The number of carbonyl (C=O) groups excluding carboxylic acids is 2. The molecule has 0 saturated heterocycles. The fourth-order valence-electron chi connectivity index (χ4n) is 3.91. The van der Waals surface area contributed by atoms with E-state index in [0.717, 1.165) is 0 Å². The molecule has 0 aliphatic heterocycles. The molecule has 2 unspecified atom stereocenters. The molecule has 0 heterocycles. The van der Waals surface area contributed by atoms with Crippen LogP contribution in [-0.2, 0) is 9.47 Å². The Morgan fingerprint density at radius 2 is 1.00 bits per heavy atom. The van der Waals surface area contributed by atoms with Crippen LogP contribution in [0, 0.1) is 16.7 Å². The van der Waals surface area contributed by atoms with Crippen LogP contribution >= 0.6 is 0 Å². The predicted octanol–water partition coefficient (Wildman–Crippen LogP) is 5.53. The van der Waals surface area contributed by atoms with Gasteiger partial charge in [-0.05, 0) is 41.5 Å². The molecule has 0 aliphatic carbocycles. The molecule has 2 aromatic rings. The van der Waals surface area contributed by atoms with Gasteiger partial charge in [0.05, 0.1) is 24.3 Å². The zero-order chi connectivity index (χ0) is 26.6. The second-order valence-corrected chi connectivity index (χ2v) is 10.6. The molecule has 0 bridgehead atoms. The van der Waals surface area contributed by atoms with Crippen LogP contribution in [0.1, 0.15) is 75.6 Å². The summed E-state index contributed by atoms with van der Waals surface area (Å²) in [6, 6.07) is 18.0. The number of hydrogen-bond acceptors (Lipinski definition) is 6. The van der Waals surface area contributed by atoms with Crippen molar-refractivity contribution in [1.29, 1.82) is 0 Å². The lowest BCUT2D eigenvalue weighted by Gasteiger charge is -2.43. The maximum Gasteiger partial charge on any atom is 0.338 e. The van der Waals surface area contributed by atoms with Crippen molar-refractivity contribution in [2.75, 3.05) is 13.2 Å². The Hall–Kier alpha value is -2.70. The molecule has 2 N–H and O–H groups in total. The highest BCUT2D eigenvalue weighted by molar-refractivity contribution is 5.90. The van der Waals surface area contributed by atoms with E-state index in [2.05, 4.69) is 48.5 Å². The van der Waals surface area contributed by atoms with Crippen molar-refractivity contribution < 1.29 is 29.3 Å². The van der Waals surface area contributed by atoms with Crippen LogP contribution in [0.3, 0.4) is 0 Å². The summed E-state index contributed by atoms with van der Waals surface area (Å²) in [6.45, 7) is 14.1. The molecule has 0 radical (unpaired) electrons. The number of esters is 2. The maximum absolute atomic E-state index is 12.9. The van der Waals surface area contributed by atoms with E-state index in [1.807, 2.05) is 36.4 Å². The summed E-state index contributed by atoms with van der Waals surface area (Å²) in [6.07, 6.45) is -0.162. The topological polar surface area (TPSA) is 93.1 Å². The van der Waals surface area contributed by atoms with Gasteiger partial charge in [-0.15, -0.1) is 0 Å². The fraction of sp³-hybridized carbons (Fsp3) is 0.517. The molecule has 0 amide bonds. The van der Waals surface area contributed by atoms with Gasteiger partial charge in [-0.25, -0.2) is 9.59 Å². The molecule has 2 aromatic carbocycles. The van der Waals surface area contributed by atoms with Gasteiger partial charge in [0.1, 0.15) is 12.2 Å². The minimum Gasteiger partial charge on any atom is -0.458 e. The van der Waals surface area contributed by atoms with Crippen LogP contribution in [0.2, 0.25) is 0 Å². The van der Waals surface area contributed by atoms with E-state index >= 15 is 0 Å². The third kappa shape index (κ3) is 9.82. The molecule has 194 valence electrons. The summed E-state index contributed by atoms with van der Waals surface area (Å²) in [4.78, 5) is 25.8. The van der Waals surface area contributed by atoms with E-state index in [-0.39, 0.29) is 41.9 Å². The highest BCUT2D eigenvalue weighted by atomic mass is 16.6. The monoisotopic (exact) mass is 486 g/mol. The lowest BCUT2D eigenvalue weighted by atomic mass is 9.71. The highest BCUT2D eigenvalue weighted by Gasteiger charge is 2.45. The predicted molar refractivity (Wildman–Crippen MR) is 138 cm³/mol. The third-order valence-electron chi connectivity index (χ3n) is 5.54. The fourth-order valence-corrected chi connectivity index (χ4v) is 3.91. The number of hydrogen-bond donors (Lipinski definition) is 2. The molecule has 0 fully saturated rings. The first-order chi connectivity index (χ1) is 16.4. The number of ether oxygens (including phenoxy) is 2. The summed E-state index contributed by atoms with van der Waals surface area (Å²) in [5.74, 6) is -0.887. The van der Waals surface area contributed by atoms with Crippen molar-refractivity contribution >= 4 is 11.9 Å². The third-order valence-corrected chi connectivity index (χ3v) is 5.54. The number of aliphatic hydroxyl groups excluding tert-OH is 2. The van der Waals surface area contributed by atoms with Crippen molar-refractivity contribution in [1.82, 2.24) is 0 Å². The lowest BCUT2D eigenvalue weighted by molar-refractivity contribution is -0.0975. The summed E-state index contributed by atoms with van der Waals surface area (Å²) in [5.41, 5.74) is 0.349. The Balaban J connectivity index is 0.00000142. The van der Waals surface area contributed by atoms with Crippen LogP contribution in [-0.4, -0.2) is 47.6 Å². The number of carbonyl (C=O) groups is 2. The standard InChI is InChI=1S/C27H36O4.C2H6O2/c1-8-21(22(26(2,3)4)30-24(28)19-15-11-9-12-16-19)23(27(5,6)7)31-25(29)20-17-13-10-14-18-20;3-1-2-4/h9-18,21-23H,8H2,1-7H3;3-4H,1-2H2. The number of aliphatic hydroxyl groups is 2. The molecule has 6 heteroatoms. The molecule has 2 rings (SSSR count). The van der Waals surface area contributed by atoms with Crippen molar-refractivity contribution in [3.05, 3.63) is 71.8 Å². The lowest BCUT2D eigenvalue weighted by Crippen LogP contribution is -2.49. The first-order valence-corrected chi connectivity index (χ1v) is 12.1. The maximum atomic E-state index is 12.9. The molecular weight excluding hydrogens is 444 g/mol. The number of benzene rings is 2. The summed E-state index contributed by atoms with van der Waals surface area (Å²) >= 11 is 0. The molecule has 0 saturated carbocycles. The van der Waals surface area contributed by atoms with Crippen molar-refractivity contribution in [2.24, 2.45) is 16.7 Å². The van der Waals surface area contributed by atoms with Crippen LogP contribution in [0.5, 0.6) is 0 Å². The summed E-state index contributed by atoms with van der Waals surface area (Å²) in [7, 11) is 0. The van der Waals surface area contributed by atoms with Gasteiger partial charge < -0.3 is 19.7 Å². The average molecular weight is 487 g/mol. The van der Waals surface area contributed by atoms with Gasteiger partial charge in [-0.2, -0.15) is 0 Å². The van der Waals surface area contributed by atoms with Gasteiger partial charge in [0.25, 0.3) is 0 Å².